The van der Waals surface area contributed by atoms with Crippen LogP contribution in [0.3, 0.4) is 0 Å². The molecule has 0 radical (unpaired) electrons. The molecule has 0 aromatic carbocycles. The van der Waals surface area contributed by atoms with Crippen molar-refractivity contribution in [3.63, 3.8) is 0 Å². The van der Waals surface area contributed by atoms with E-state index in [9.17, 15) is 0 Å². The van der Waals surface area contributed by atoms with Gasteiger partial charge >= 0.3 is 0 Å². The quantitative estimate of drug-likeness (QED) is 0.144. The van der Waals surface area contributed by atoms with Crippen molar-refractivity contribution in [3.8, 4) is 0 Å². The molecule has 0 saturated carbocycles. The Hall–Kier alpha value is -0.120. The summed E-state index contributed by atoms with van der Waals surface area (Å²) < 4.78 is 0. The van der Waals surface area contributed by atoms with Crippen LogP contribution in [-0.2, 0) is 0 Å². The van der Waals surface area contributed by atoms with Gasteiger partial charge in [-0.25, -0.2) is 10.0 Å². The van der Waals surface area contributed by atoms with Crippen LogP contribution in [0.15, 0.2) is 0 Å². The Kier molecular flexibility index (Phi) is 22.1. The Morgan fingerprint density at radius 3 is 1.45 bits per heavy atom. The summed E-state index contributed by atoms with van der Waals surface area (Å²) in [7, 11) is 0. The molecular weight excluding hydrogens is 402 g/mol. The number of unbranched alkanes of at least 4 members (excludes halogenated alkanes) is 14. The second kappa shape index (κ2) is 23.6. The molecule has 1 aliphatic heterocycles. The lowest BCUT2D eigenvalue weighted by molar-refractivity contribution is -0.0364. The number of hydrogen-bond acceptors (Lipinski definition) is 3. The van der Waals surface area contributed by atoms with Crippen molar-refractivity contribution >= 4 is 0 Å². The lowest BCUT2D eigenvalue weighted by atomic mass is 9.92. The topological polar surface area (TPSA) is 18.5 Å². The van der Waals surface area contributed by atoms with Gasteiger partial charge in [0.15, 0.2) is 0 Å². The molecule has 0 bridgehead atoms. The van der Waals surface area contributed by atoms with Gasteiger partial charge in [0, 0.05) is 39.3 Å². The highest BCUT2D eigenvalue weighted by atomic mass is 15.6. The molecule has 1 N–H and O–H groups in total. The predicted octanol–water partition coefficient (Wildman–Crippen LogP) is 8.59. The van der Waals surface area contributed by atoms with E-state index in [2.05, 4.69) is 36.1 Å². The number of nitrogens with one attached hydrogen (secondary N) is 1. The van der Waals surface area contributed by atoms with Gasteiger partial charge in [-0.2, -0.15) is 0 Å². The zero-order valence-corrected chi connectivity index (χ0v) is 23.4. The molecule has 1 heterocycles. The van der Waals surface area contributed by atoms with Crippen LogP contribution >= 0.6 is 0 Å². The zero-order valence-electron chi connectivity index (χ0n) is 23.4. The molecular formula is C30H63N3. The molecule has 0 spiro atoms. The summed E-state index contributed by atoms with van der Waals surface area (Å²) >= 11 is 0. The minimum atomic E-state index is 0.997. The third kappa shape index (κ3) is 17.9. The molecule has 33 heavy (non-hydrogen) atoms. The first kappa shape index (κ1) is 30.9. The van der Waals surface area contributed by atoms with E-state index in [-0.39, 0.29) is 0 Å². The van der Waals surface area contributed by atoms with Gasteiger partial charge in [0.1, 0.15) is 0 Å². The third-order valence-electron chi connectivity index (χ3n) is 7.84. The average molecular weight is 466 g/mol. The first-order chi connectivity index (χ1) is 16.3. The first-order valence-corrected chi connectivity index (χ1v) is 15.5. The molecule has 3 heteroatoms. The molecule has 1 atom stereocenters. The van der Waals surface area contributed by atoms with Gasteiger partial charge in [0.05, 0.1) is 0 Å². The molecule has 0 aromatic rings. The summed E-state index contributed by atoms with van der Waals surface area (Å²) in [5, 5.41) is 8.89. The van der Waals surface area contributed by atoms with E-state index in [1.807, 2.05) is 0 Å². The van der Waals surface area contributed by atoms with Gasteiger partial charge in [0.2, 0.25) is 0 Å². The SMILES string of the molecule is CCCCCCCCC(CC)CCCCCCCN(CCCCCCCC)N1CCNCC1. The minimum Gasteiger partial charge on any atom is -0.314 e. The summed E-state index contributed by atoms with van der Waals surface area (Å²) in [4.78, 5) is 0. The van der Waals surface area contributed by atoms with Crippen molar-refractivity contribution in [2.24, 2.45) is 5.92 Å². The second-order valence-electron chi connectivity index (χ2n) is 10.8. The Labute approximate surface area is 209 Å². The van der Waals surface area contributed by atoms with Crippen LogP contribution in [-0.4, -0.2) is 49.3 Å². The van der Waals surface area contributed by atoms with E-state index in [1.165, 1.54) is 155 Å². The maximum absolute atomic E-state index is 3.52. The maximum atomic E-state index is 3.52. The standard InChI is InChI=1S/C30H63N3/c1-4-7-9-11-14-18-22-30(6-3)23-19-15-13-17-21-27-32(33-28-24-31-25-29-33)26-20-16-12-10-8-5-2/h30-31H,4-29H2,1-3H3. The number of rotatable bonds is 24. The van der Waals surface area contributed by atoms with Crippen molar-refractivity contribution < 1.29 is 0 Å². The van der Waals surface area contributed by atoms with Gasteiger partial charge < -0.3 is 5.32 Å². The minimum absolute atomic E-state index is 0.997. The predicted molar refractivity (Wildman–Crippen MR) is 149 cm³/mol. The monoisotopic (exact) mass is 466 g/mol. The summed E-state index contributed by atoms with van der Waals surface area (Å²) in [5.74, 6) is 0.997. The maximum Gasteiger partial charge on any atom is 0.0259 e. The van der Waals surface area contributed by atoms with Crippen LogP contribution in [0.25, 0.3) is 0 Å². The molecule has 1 aliphatic rings. The van der Waals surface area contributed by atoms with Gasteiger partial charge in [-0.05, 0) is 18.8 Å². The van der Waals surface area contributed by atoms with Gasteiger partial charge in [0.25, 0.3) is 0 Å². The fourth-order valence-electron chi connectivity index (χ4n) is 5.43. The van der Waals surface area contributed by atoms with E-state index in [0.717, 1.165) is 19.0 Å². The Morgan fingerprint density at radius 1 is 0.576 bits per heavy atom. The molecule has 1 fully saturated rings. The van der Waals surface area contributed by atoms with E-state index < -0.39 is 0 Å². The average Bonchev–Trinajstić information content (AvgIpc) is 2.85. The Morgan fingerprint density at radius 2 is 1.00 bits per heavy atom. The van der Waals surface area contributed by atoms with Crippen LogP contribution in [0.4, 0.5) is 0 Å². The summed E-state index contributed by atoms with van der Waals surface area (Å²) in [6.45, 7) is 14.3. The highest BCUT2D eigenvalue weighted by Gasteiger charge is 2.17. The molecule has 1 rings (SSSR count). The van der Waals surface area contributed by atoms with Crippen molar-refractivity contribution in [3.05, 3.63) is 0 Å². The summed E-state index contributed by atoms with van der Waals surface area (Å²) in [6.07, 6.45) is 28.6. The molecule has 0 aromatic heterocycles. The largest absolute Gasteiger partial charge is 0.314 e. The van der Waals surface area contributed by atoms with Gasteiger partial charge in [-0.3, -0.25) is 0 Å². The van der Waals surface area contributed by atoms with Crippen LogP contribution in [0.2, 0.25) is 0 Å². The highest BCUT2D eigenvalue weighted by Crippen LogP contribution is 2.21. The number of nitrogens with zero attached hydrogens (tertiary/aromatic N) is 2. The fraction of sp³-hybridized carbons (Fsp3) is 1.00. The van der Waals surface area contributed by atoms with Gasteiger partial charge in [-0.15, -0.1) is 0 Å². The molecule has 3 nitrogen and oxygen atoms in total. The summed E-state index contributed by atoms with van der Waals surface area (Å²) in [5.41, 5.74) is 0. The smallest absolute Gasteiger partial charge is 0.0259 e. The second-order valence-corrected chi connectivity index (χ2v) is 10.8. The van der Waals surface area contributed by atoms with Crippen LogP contribution in [0.5, 0.6) is 0 Å². The highest BCUT2D eigenvalue weighted by molar-refractivity contribution is 4.68. The molecule has 0 amide bonds. The fourth-order valence-corrected chi connectivity index (χ4v) is 5.43. The Balaban J connectivity index is 2.09. The molecule has 0 aliphatic carbocycles. The van der Waals surface area contributed by atoms with E-state index in [4.69, 9.17) is 0 Å². The number of hydrogen-bond donors (Lipinski definition) is 1. The van der Waals surface area contributed by atoms with Crippen molar-refractivity contribution in [1.82, 2.24) is 15.3 Å². The van der Waals surface area contributed by atoms with Crippen molar-refractivity contribution in [1.29, 1.82) is 0 Å². The van der Waals surface area contributed by atoms with E-state index in [1.54, 1.807) is 0 Å². The molecule has 198 valence electrons. The van der Waals surface area contributed by atoms with E-state index >= 15 is 0 Å². The zero-order chi connectivity index (χ0) is 23.8. The number of hydrazine groups is 1. The Bertz CT molecular complexity index is 381. The molecule has 1 saturated heterocycles. The normalized spacial score (nSPS) is 16.0. The van der Waals surface area contributed by atoms with Crippen molar-refractivity contribution in [2.75, 3.05) is 39.3 Å². The number of piperazine rings is 1. The first-order valence-electron chi connectivity index (χ1n) is 15.5. The van der Waals surface area contributed by atoms with Crippen LogP contribution in [0, 0.1) is 5.92 Å². The molecule has 1 unspecified atom stereocenters. The van der Waals surface area contributed by atoms with E-state index in [0.29, 0.717) is 0 Å². The van der Waals surface area contributed by atoms with Crippen molar-refractivity contribution in [2.45, 2.75) is 149 Å². The van der Waals surface area contributed by atoms with Crippen LogP contribution < -0.4 is 5.32 Å². The lowest BCUT2D eigenvalue weighted by Gasteiger charge is -2.38. The summed E-state index contributed by atoms with van der Waals surface area (Å²) in [6, 6.07) is 0. The van der Waals surface area contributed by atoms with Gasteiger partial charge in [-0.1, -0.05) is 136 Å². The van der Waals surface area contributed by atoms with Crippen LogP contribution in [0.1, 0.15) is 149 Å². The third-order valence-corrected chi connectivity index (χ3v) is 7.84. The lowest BCUT2D eigenvalue weighted by Crippen LogP contribution is -2.52.